The molecule has 0 spiro atoms. The zero-order chi connectivity index (χ0) is 13.7. The molecule has 98 valence electrons. The summed E-state index contributed by atoms with van der Waals surface area (Å²) in [5.41, 5.74) is 2.22. The Balaban J connectivity index is 2.12. The van der Waals surface area contributed by atoms with Gasteiger partial charge in [0, 0.05) is 30.2 Å². The van der Waals surface area contributed by atoms with Crippen LogP contribution < -0.4 is 5.32 Å². The van der Waals surface area contributed by atoms with Gasteiger partial charge in [-0.3, -0.25) is 4.98 Å². The molecule has 2 rings (SSSR count). The summed E-state index contributed by atoms with van der Waals surface area (Å²) in [6, 6.07) is 12.3. The van der Waals surface area contributed by atoms with Gasteiger partial charge in [-0.25, -0.2) is 0 Å². The molecule has 0 atom stereocenters. The van der Waals surface area contributed by atoms with Crippen molar-refractivity contribution in [2.45, 2.75) is 26.7 Å². The Morgan fingerprint density at radius 1 is 1.26 bits per heavy atom. The van der Waals surface area contributed by atoms with Crippen LogP contribution in [-0.2, 0) is 0 Å². The molecule has 19 heavy (non-hydrogen) atoms. The summed E-state index contributed by atoms with van der Waals surface area (Å²) in [6.45, 7) is 5.21. The molecule has 3 heteroatoms. The van der Waals surface area contributed by atoms with Crippen LogP contribution in [0.4, 0.5) is 5.69 Å². The van der Waals surface area contributed by atoms with E-state index in [4.69, 9.17) is 5.26 Å². The fourth-order valence-corrected chi connectivity index (χ4v) is 2.07. The molecule has 1 N–H and O–H groups in total. The number of hydrogen-bond donors (Lipinski definition) is 1. The zero-order valence-electron chi connectivity index (χ0n) is 11.5. The summed E-state index contributed by atoms with van der Waals surface area (Å²) in [5.74, 6) is 0. The van der Waals surface area contributed by atoms with E-state index in [0.717, 1.165) is 29.6 Å². The molecule has 0 unspecified atom stereocenters. The van der Waals surface area contributed by atoms with Crippen molar-refractivity contribution >= 4 is 16.6 Å². The van der Waals surface area contributed by atoms with Crippen LogP contribution in [0.15, 0.2) is 36.5 Å². The highest BCUT2D eigenvalue weighted by Gasteiger charge is 2.17. The molecule has 0 saturated heterocycles. The van der Waals surface area contributed by atoms with Crippen LogP contribution in [0.2, 0.25) is 0 Å². The van der Waals surface area contributed by atoms with E-state index in [1.54, 1.807) is 0 Å². The fourth-order valence-electron chi connectivity index (χ4n) is 2.07. The number of pyridine rings is 1. The lowest BCUT2D eigenvalue weighted by molar-refractivity contribution is 0.364. The largest absolute Gasteiger partial charge is 0.384 e. The molecule has 0 radical (unpaired) electrons. The topological polar surface area (TPSA) is 48.7 Å². The first-order chi connectivity index (χ1) is 9.12. The van der Waals surface area contributed by atoms with Crippen LogP contribution >= 0.6 is 0 Å². The lowest BCUT2D eigenvalue weighted by Gasteiger charge is -2.24. The predicted octanol–water partition coefficient (Wildman–Crippen LogP) is 3.98. The van der Waals surface area contributed by atoms with Crippen LogP contribution in [0.1, 0.15) is 26.7 Å². The van der Waals surface area contributed by atoms with Gasteiger partial charge in [-0.2, -0.15) is 5.26 Å². The number of anilines is 1. The average molecular weight is 253 g/mol. The van der Waals surface area contributed by atoms with Gasteiger partial charge in [-0.05, 0) is 36.1 Å². The molecule has 0 bridgehead atoms. The molecule has 0 saturated carbocycles. The predicted molar refractivity (Wildman–Crippen MR) is 78.9 cm³/mol. The number of aromatic nitrogens is 1. The second-order valence-corrected chi connectivity index (χ2v) is 5.55. The van der Waals surface area contributed by atoms with Crippen molar-refractivity contribution in [3.05, 3.63) is 36.5 Å². The SMILES string of the molecule is CC(C)(CCC#N)CNc1cccc2ncccc12. The third-order valence-corrected chi connectivity index (χ3v) is 3.32. The Bertz CT molecular complexity index is 591. The summed E-state index contributed by atoms with van der Waals surface area (Å²) in [5, 5.41) is 13.3. The van der Waals surface area contributed by atoms with Gasteiger partial charge < -0.3 is 5.32 Å². The second kappa shape index (κ2) is 5.71. The fraction of sp³-hybridized carbons (Fsp3) is 0.375. The Morgan fingerprint density at radius 3 is 2.89 bits per heavy atom. The van der Waals surface area contributed by atoms with Crippen molar-refractivity contribution in [3.63, 3.8) is 0 Å². The van der Waals surface area contributed by atoms with E-state index in [-0.39, 0.29) is 5.41 Å². The number of nitrogens with zero attached hydrogens (tertiary/aromatic N) is 2. The standard InChI is InChI=1S/C16H19N3/c1-16(2,9-5-10-17)12-19-15-8-3-7-14-13(15)6-4-11-18-14/h3-4,6-8,11,19H,5,9,12H2,1-2H3. The minimum absolute atomic E-state index is 0.111. The first-order valence-electron chi connectivity index (χ1n) is 6.57. The summed E-state index contributed by atoms with van der Waals surface area (Å²) in [4.78, 5) is 4.35. The third kappa shape index (κ3) is 3.45. The van der Waals surface area contributed by atoms with Gasteiger partial charge in [0.05, 0.1) is 11.6 Å². The van der Waals surface area contributed by atoms with Crippen molar-refractivity contribution in [2.75, 3.05) is 11.9 Å². The van der Waals surface area contributed by atoms with Gasteiger partial charge in [0.25, 0.3) is 0 Å². The van der Waals surface area contributed by atoms with E-state index >= 15 is 0 Å². The molecule has 0 amide bonds. The Kier molecular flexibility index (Phi) is 4.01. The number of hydrogen-bond acceptors (Lipinski definition) is 3. The Hall–Kier alpha value is -2.08. The minimum Gasteiger partial charge on any atom is -0.384 e. The average Bonchev–Trinajstić information content (AvgIpc) is 2.43. The molecule has 1 aromatic heterocycles. The molecule has 0 aliphatic rings. The van der Waals surface area contributed by atoms with Gasteiger partial charge in [-0.1, -0.05) is 19.9 Å². The lowest BCUT2D eigenvalue weighted by atomic mass is 9.88. The highest BCUT2D eigenvalue weighted by molar-refractivity contribution is 5.91. The summed E-state index contributed by atoms with van der Waals surface area (Å²) < 4.78 is 0. The highest BCUT2D eigenvalue weighted by Crippen LogP contribution is 2.26. The maximum absolute atomic E-state index is 8.68. The van der Waals surface area contributed by atoms with Gasteiger partial charge in [0.1, 0.15) is 0 Å². The van der Waals surface area contributed by atoms with Crippen LogP contribution in [0.3, 0.4) is 0 Å². The van der Waals surface area contributed by atoms with Crippen molar-refractivity contribution in [2.24, 2.45) is 5.41 Å². The molecule has 1 heterocycles. The van der Waals surface area contributed by atoms with E-state index in [9.17, 15) is 0 Å². The van der Waals surface area contributed by atoms with Crippen molar-refractivity contribution in [1.82, 2.24) is 4.98 Å². The molecular weight excluding hydrogens is 234 g/mol. The lowest BCUT2D eigenvalue weighted by Crippen LogP contribution is -2.23. The zero-order valence-corrected chi connectivity index (χ0v) is 11.5. The molecule has 3 nitrogen and oxygen atoms in total. The first-order valence-corrected chi connectivity index (χ1v) is 6.57. The quantitative estimate of drug-likeness (QED) is 0.876. The number of fused-ring (bicyclic) bond motifs is 1. The molecule has 0 aliphatic heterocycles. The van der Waals surface area contributed by atoms with Gasteiger partial charge in [0.15, 0.2) is 0 Å². The second-order valence-electron chi connectivity index (χ2n) is 5.55. The van der Waals surface area contributed by atoms with Crippen molar-refractivity contribution < 1.29 is 0 Å². The van der Waals surface area contributed by atoms with Crippen LogP contribution in [-0.4, -0.2) is 11.5 Å². The van der Waals surface area contributed by atoms with Gasteiger partial charge in [-0.15, -0.1) is 0 Å². The number of nitriles is 1. The molecule has 0 aliphatic carbocycles. The number of rotatable bonds is 5. The molecular formula is C16H19N3. The smallest absolute Gasteiger partial charge is 0.0722 e. The van der Waals surface area contributed by atoms with E-state index < -0.39 is 0 Å². The normalized spacial score (nSPS) is 11.2. The Labute approximate surface area is 114 Å². The van der Waals surface area contributed by atoms with Crippen molar-refractivity contribution in [1.29, 1.82) is 5.26 Å². The molecule has 1 aromatic carbocycles. The molecule has 0 fully saturated rings. The maximum atomic E-state index is 8.68. The number of nitrogens with one attached hydrogen (secondary N) is 1. The van der Waals surface area contributed by atoms with Gasteiger partial charge in [0.2, 0.25) is 0 Å². The first kappa shape index (κ1) is 13.4. The summed E-state index contributed by atoms with van der Waals surface area (Å²) in [6.07, 6.45) is 3.31. The van der Waals surface area contributed by atoms with E-state index in [1.165, 1.54) is 0 Å². The van der Waals surface area contributed by atoms with E-state index in [0.29, 0.717) is 6.42 Å². The highest BCUT2D eigenvalue weighted by atomic mass is 14.9. The third-order valence-electron chi connectivity index (χ3n) is 3.32. The van der Waals surface area contributed by atoms with Crippen LogP contribution in [0.25, 0.3) is 10.9 Å². The van der Waals surface area contributed by atoms with Gasteiger partial charge >= 0.3 is 0 Å². The van der Waals surface area contributed by atoms with E-state index in [2.05, 4.69) is 42.4 Å². The van der Waals surface area contributed by atoms with Crippen molar-refractivity contribution in [3.8, 4) is 6.07 Å². The number of benzene rings is 1. The van der Waals surface area contributed by atoms with Crippen LogP contribution in [0, 0.1) is 16.7 Å². The Morgan fingerprint density at radius 2 is 2.11 bits per heavy atom. The minimum atomic E-state index is 0.111. The van der Waals surface area contributed by atoms with E-state index in [1.807, 2.05) is 24.4 Å². The molecule has 2 aromatic rings. The summed E-state index contributed by atoms with van der Waals surface area (Å²) in [7, 11) is 0. The summed E-state index contributed by atoms with van der Waals surface area (Å²) >= 11 is 0. The maximum Gasteiger partial charge on any atom is 0.0722 e. The van der Waals surface area contributed by atoms with Crippen LogP contribution in [0.5, 0.6) is 0 Å². The monoisotopic (exact) mass is 253 g/mol.